The number of pyridine rings is 1. The van der Waals surface area contributed by atoms with Crippen LogP contribution in [-0.2, 0) is 21.9 Å². The second-order valence-corrected chi connectivity index (χ2v) is 13.1. The molecule has 11 heteroatoms. The molecule has 2 bridgehead atoms. The Labute approximate surface area is 237 Å². The van der Waals surface area contributed by atoms with E-state index in [4.69, 9.17) is 9.47 Å². The van der Waals surface area contributed by atoms with Gasteiger partial charge >= 0.3 is 0 Å². The summed E-state index contributed by atoms with van der Waals surface area (Å²) in [5.74, 6) is -1.79. The molecule has 3 aromatic rings. The molecule has 0 amide bonds. The Bertz CT molecular complexity index is 1700. The van der Waals surface area contributed by atoms with E-state index in [0.29, 0.717) is 30.0 Å². The van der Waals surface area contributed by atoms with Crippen molar-refractivity contribution in [1.82, 2.24) is 4.57 Å². The molecule has 0 spiro atoms. The summed E-state index contributed by atoms with van der Waals surface area (Å²) in [5.41, 5.74) is -0.852. The molecule has 8 nitrogen and oxygen atoms in total. The number of hydrogen-bond acceptors (Lipinski definition) is 6. The van der Waals surface area contributed by atoms with Gasteiger partial charge in [-0.05, 0) is 61.4 Å². The number of aromatic nitrogens is 1. The fourth-order valence-electron chi connectivity index (χ4n) is 6.31. The maximum atomic E-state index is 14.5. The van der Waals surface area contributed by atoms with Gasteiger partial charge in [-0.1, -0.05) is 13.8 Å². The number of anilines is 1. The van der Waals surface area contributed by atoms with Crippen LogP contribution in [-0.4, -0.2) is 31.1 Å². The van der Waals surface area contributed by atoms with Crippen LogP contribution in [0.1, 0.15) is 40.0 Å². The Kier molecular flexibility index (Phi) is 7.21. The second kappa shape index (κ2) is 10.3. The number of aryl methyl sites for hydroxylation is 1. The number of carbonyl (C=O) groups excluding carboxylic acids is 1. The van der Waals surface area contributed by atoms with Crippen molar-refractivity contribution in [1.29, 1.82) is 0 Å². The second-order valence-electron chi connectivity index (χ2n) is 11.3. The Morgan fingerprint density at radius 3 is 2.39 bits per heavy atom. The standard InChI is InChI=1S/C30H32F2N2O6S/c1-5-39-26-15-28(36)34(4)16-22(26)21-14-20(7-9-24(21)40-25-8-6-19(31)13-23(25)32)33-41(37,38)17-30-11-10-18(12-27(30)35)29(30,2)3/h6-9,13-16,18,33H,5,10-12,17H2,1-4H3/t18-,30-/m1/s1. The molecule has 218 valence electrons. The van der Waals surface area contributed by atoms with Gasteiger partial charge in [0.15, 0.2) is 11.6 Å². The van der Waals surface area contributed by atoms with Crippen molar-refractivity contribution in [2.24, 2.45) is 23.8 Å². The highest BCUT2D eigenvalue weighted by atomic mass is 32.2. The van der Waals surface area contributed by atoms with Crippen molar-refractivity contribution >= 4 is 21.5 Å². The monoisotopic (exact) mass is 586 g/mol. The Hall–Kier alpha value is -3.73. The molecule has 2 aliphatic carbocycles. The van der Waals surface area contributed by atoms with Gasteiger partial charge in [0.1, 0.15) is 23.1 Å². The SMILES string of the molecule is CCOc1cc(=O)n(C)cc1-c1cc(NS(=O)(=O)C[C@]23CC[C@H](CC2=O)C3(C)C)ccc1Oc1ccc(F)cc1F. The Morgan fingerprint density at radius 2 is 1.76 bits per heavy atom. The molecule has 2 aliphatic rings. The summed E-state index contributed by atoms with van der Waals surface area (Å²) in [4.78, 5) is 25.3. The number of carbonyl (C=O) groups is 1. The van der Waals surface area contributed by atoms with Gasteiger partial charge in [0.05, 0.1) is 17.8 Å². The largest absolute Gasteiger partial charge is 0.493 e. The predicted molar refractivity (Wildman–Crippen MR) is 151 cm³/mol. The van der Waals surface area contributed by atoms with Crippen LogP contribution in [0.5, 0.6) is 17.2 Å². The number of benzene rings is 2. The molecule has 1 heterocycles. The highest BCUT2D eigenvalue weighted by Crippen LogP contribution is 2.64. The van der Waals surface area contributed by atoms with E-state index < -0.39 is 32.5 Å². The molecule has 1 N–H and O–H groups in total. The third kappa shape index (κ3) is 5.11. The first-order valence-electron chi connectivity index (χ1n) is 13.4. The van der Waals surface area contributed by atoms with Crippen LogP contribution in [0.15, 0.2) is 53.5 Å². The van der Waals surface area contributed by atoms with Crippen molar-refractivity contribution in [3.8, 4) is 28.4 Å². The van der Waals surface area contributed by atoms with Crippen molar-refractivity contribution < 1.29 is 31.5 Å². The smallest absolute Gasteiger partial charge is 0.254 e. The Balaban J connectivity index is 1.56. The van der Waals surface area contributed by atoms with E-state index in [2.05, 4.69) is 4.72 Å². The summed E-state index contributed by atoms with van der Waals surface area (Å²) in [6, 6.07) is 8.58. The lowest BCUT2D eigenvalue weighted by atomic mass is 9.70. The third-order valence-corrected chi connectivity index (χ3v) is 10.1. The quantitative estimate of drug-likeness (QED) is 0.347. The van der Waals surface area contributed by atoms with Crippen LogP contribution >= 0.6 is 0 Å². The number of fused-ring (bicyclic) bond motifs is 2. The number of ketones is 1. The summed E-state index contributed by atoms with van der Waals surface area (Å²) in [6.07, 6.45) is 3.25. The first kappa shape index (κ1) is 28.8. The molecule has 41 heavy (non-hydrogen) atoms. The van der Waals surface area contributed by atoms with Gasteiger partial charge in [0.25, 0.3) is 5.56 Å². The fraction of sp³-hybridized carbons (Fsp3) is 0.400. The lowest BCUT2D eigenvalue weighted by Crippen LogP contribution is -2.43. The summed E-state index contributed by atoms with van der Waals surface area (Å²) < 4.78 is 70.4. The number of rotatable bonds is 9. The molecular formula is C30H32F2N2O6S. The highest BCUT2D eigenvalue weighted by Gasteiger charge is 2.65. The summed E-state index contributed by atoms with van der Waals surface area (Å²) >= 11 is 0. The Morgan fingerprint density at radius 1 is 1.02 bits per heavy atom. The van der Waals surface area contributed by atoms with E-state index in [1.165, 1.54) is 35.0 Å². The molecule has 2 saturated carbocycles. The number of hydrogen-bond donors (Lipinski definition) is 1. The van der Waals surface area contributed by atoms with Crippen LogP contribution in [0.2, 0.25) is 0 Å². The van der Waals surface area contributed by atoms with Crippen LogP contribution in [0.3, 0.4) is 0 Å². The van der Waals surface area contributed by atoms with E-state index in [0.717, 1.165) is 18.6 Å². The van der Waals surface area contributed by atoms with Crippen LogP contribution < -0.4 is 19.8 Å². The number of sulfonamides is 1. The number of halogens is 2. The van der Waals surface area contributed by atoms with Gasteiger partial charge in [0, 0.05) is 48.6 Å². The minimum absolute atomic E-state index is 0.0126. The molecule has 0 aliphatic heterocycles. The normalized spacial score (nSPS) is 21.2. The number of nitrogens with zero attached hydrogens (tertiary/aromatic N) is 1. The third-order valence-electron chi connectivity index (χ3n) is 8.72. The molecule has 0 saturated heterocycles. The van der Waals surface area contributed by atoms with Crippen LogP contribution in [0, 0.1) is 28.4 Å². The molecule has 5 rings (SSSR count). The molecule has 1 aromatic heterocycles. The minimum atomic E-state index is -3.98. The molecule has 0 unspecified atom stereocenters. The summed E-state index contributed by atoms with van der Waals surface area (Å²) in [5, 5.41) is 0. The van der Waals surface area contributed by atoms with Crippen molar-refractivity contribution in [2.45, 2.75) is 40.0 Å². The van der Waals surface area contributed by atoms with Gasteiger partial charge in [0.2, 0.25) is 10.0 Å². The van der Waals surface area contributed by atoms with Gasteiger partial charge in [-0.25, -0.2) is 17.2 Å². The number of Topliss-reactive ketones (excluding diaryl/α,β-unsaturated/α-hetero) is 1. The average Bonchev–Trinajstić information content (AvgIpc) is 3.22. The first-order chi connectivity index (χ1) is 19.3. The fourth-order valence-corrected chi connectivity index (χ4v) is 8.19. The highest BCUT2D eigenvalue weighted by molar-refractivity contribution is 7.92. The first-order valence-corrected chi connectivity index (χ1v) is 15.1. The van der Waals surface area contributed by atoms with Crippen molar-refractivity contribution in [3.63, 3.8) is 0 Å². The van der Waals surface area contributed by atoms with E-state index in [9.17, 15) is 26.8 Å². The van der Waals surface area contributed by atoms with Gasteiger partial charge in [-0.15, -0.1) is 0 Å². The molecular weight excluding hydrogens is 554 g/mol. The summed E-state index contributed by atoms with van der Waals surface area (Å²) in [7, 11) is -2.44. The van der Waals surface area contributed by atoms with E-state index in [1.807, 2.05) is 13.8 Å². The molecule has 2 fully saturated rings. The average molecular weight is 587 g/mol. The van der Waals surface area contributed by atoms with Gasteiger partial charge in [-0.3, -0.25) is 14.3 Å². The maximum Gasteiger partial charge on any atom is 0.254 e. The lowest BCUT2D eigenvalue weighted by Gasteiger charge is -2.36. The van der Waals surface area contributed by atoms with E-state index in [1.54, 1.807) is 14.0 Å². The van der Waals surface area contributed by atoms with E-state index in [-0.39, 0.29) is 52.6 Å². The van der Waals surface area contributed by atoms with Gasteiger partial charge in [-0.2, -0.15) is 0 Å². The van der Waals surface area contributed by atoms with Crippen LogP contribution in [0.4, 0.5) is 14.5 Å². The number of nitrogens with one attached hydrogen (secondary N) is 1. The molecule has 2 atom stereocenters. The molecule has 0 radical (unpaired) electrons. The van der Waals surface area contributed by atoms with Crippen molar-refractivity contribution in [2.75, 3.05) is 17.1 Å². The van der Waals surface area contributed by atoms with Crippen molar-refractivity contribution in [3.05, 3.63) is 70.6 Å². The van der Waals surface area contributed by atoms with E-state index >= 15 is 0 Å². The minimum Gasteiger partial charge on any atom is -0.493 e. The topological polar surface area (TPSA) is 104 Å². The maximum absolute atomic E-state index is 14.5. The predicted octanol–water partition coefficient (Wildman–Crippen LogP) is 5.66. The summed E-state index contributed by atoms with van der Waals surface area (Å²) in [6.45, 7) is 5.93. The zero-order chi connectivity index (χ0) is 29.7. The number of ether oxygens (including phenoxy) is 2. The zero-order valence-electron chi connectivity index (χ0n) is 23.3. The lowest BCUT2D eigenvalue weighted by molar-refractivity contribution is -0.128. The van der Waals surface area contributed by atoms with Crippen LogP contribution in [0.25, 0.3) is 11.1 Å². The molecule has 2 aromatic carbocycles. The zero-order valence-corrected chi connectivity index (χ0v) is 24.1. The van der Waals surface area contributed by atoms with Gasteiger partial charge < -0.3 is 14.0 Å².